The number of rotatable bonds is 8. The SMILES string of the molecule is CCC(C)C(=O)Nc1cccc(CNC(=NC)NCCc2ccccn2)c1.I. The number of anilines is 1. The third-order valence-corrected chi connectivity index (χ3v) is 4.34. The molecule has 0 spiro atoms. The fourth-order valence-corrected chi connectivity index (χ4v) is 2.47. The van der Waals surface area contributed by atoms with Gasteiger partial charge in [-0.25, -0.2) is 0 Å². The van der Waals surface area contributed by atoms with Gasteiger partial charge in [-0.1, -0.05) is 32.0 Å². The van der Waals surface area contributed by atoms with Crippen LogP contribution in [0.15, 0.2) is 53.7 Å². The highest BCUT2D eigenvalue weighted by molar-refractivity contribution is 14.0. The average molecular weight is 495 g/mol. The van der Waals surface area contributed by atoms with Gasteiger partial charge in [0.2, 0.25) is 5.91 Å². The number of hydrogen-bond donors (Lipinski definition) is 3. The fraction of sp³-hybridized carbons (Fsp3) is 0.381. The average Bonchev–Trinajstić information content (AvgIpc) is 2.71. The molecule has 7 heteroatoms. The number of guanidine groups is 1. The molecule has 2 rings (SSSR count). The van der Waals surface area contributed by atoms with Crippen LogP contribution in [0, 0.1) is 5.92 Å². The first-order valence-corrected chi connectivity index (χ1v) is 9.36. The molecule has 1 aromatic carbocycles. The van der Waals surface area contributed by atoms with E-state index in [4.69, 9.17) is 0 Å². The highest BCUT2D eigenvalue weighted by atomic mass is 127. The third-order valence-electron chi connectivity index (χ3n) is 4.34. The van der Waals surface area contributed by atoms with Gasteiger partial charge in [0.1, 0.15) is 0 Å². The van der Waals surface area contributed by atoms with E-state index < -0.39 is 0 Å². The second kappa shape index (κ2) is 13.1. The minimum absolute atomic E-state index is 0. The van der Waals surface area contributed by atoms with E-state index in [0.717, 1.165) is 42.3 Å². The molecular formula is C21H30IN5O. The Bertz CT molecular complexity index is 751. The zero-order chi connectivity index (χ0) is 19.5. The number of hydrogen-bond acceptors (Lipinski definition) is 3. The summed E-state index contributed by atoms with van der Waals surface area (Å²) in [5.41, 5.74) is 2.94. The molecule has 0 fully saturated rings. The summed E-state index contributed by atoms with van der Waals surface area (Å²) in [6.45, 7) is 5.32. The van der Waals surface area contributed by atoms with Gasteiger partial charge in [-0.3, -0.25) is 14.8 Å². The summed E-state index contributed by atoms with van der Waals surface area (Å²) in [5, 5.41) is 9.55. The third kappa shape index (κ3) is 8.24. The molecule has 0 radical (unpaired) electrons. The molecule has 0 aliphatic carbocycles. The minimum atomic E-state index is 0. The normalized spacial score (nSPS) is 11.9. The number of nitrogens with zero attached hydrogens (tertiary/aromatic N) is 2. The zero-order valence-corrected chi connectivity index (χ0v) is 19.1. The second-order valence-electron chi connectivity index (χ2n) is 6.42. The van der Waals surface area contributed by atoms with Crippen molar-refractivity contribution in [3.63, 3.8) is 0 Å². The monoisotopic (exact) mass is 495 g/mol. The van der Waals surface area contributed by atoms with E-state index in [0.29, 0.717) is 6.54 Å². The standard InChI is InChI=1S/C21H29N5O.HI/c1-4-16(2)20(27)26-19-10-7-8-17(14-19)15-25-21(22-3)24-13-11-18-9-5-6-12-23-18;/h5-10,12,14,16H,4,11,13,15H2,1-3H3,(H,26,27)(H2,22,24,25);1H. The van der Waals surface area contributed by atoms with Gasteiger partial charge >= 0.3 is 0 Å². The topological polar surface area (TPSA) is 78.4 Å². The maximum atomic E-state index is 12.0. The molecule has 1 atom stereocenters. The number of benzene rings is 1. The van der Waals surface area contributed by atoms with Crippen LogP contribution in [0.5, 0.6) is 0 Å². The van der Waals surface area contributed by atoms with Gasteiger partial charge in [0, 0.05) is 50.1 Å². The summed E-state index contributed by atoms with van der Waals surface area (Å²) in [7, 11) is 1.75. The molecule has 152 valence electrons. The predicted octanol–water partition coefficient (Wildman–Crippen LogP) is 3.59. The van der Waals surface area contributed by atoms with Crippen LogP contribution in [-0.4, -0.2) is 30.4 Å². The molecule has 0 aliphatic heterocycles. The minimum Gasteiger partial charge on any atom is -0.356 e. The number of aromatic nitrogens is 1. The van der Waals surface area contributed by atoms with Crippen molar-refractivity contribution < 1.29 is 4.79 Å². The Morgan fingerprint density at radius 2 is 2.00 bits per heavy atom. The van der Waals surface area contributed by atoms with Crippen molar-refractivity contribution >= 4 is 41.5 Å². The Morgan fingerprint density at radius 1 is 1.18 bits per heavy atom. The van der Waals surface area contributed by atoms with Crippen LogP contribution >= 0.6 is 24.0 Å². The van der Waals surface area contributed by atoms with E-state index in [1.54, 1.807) is 13.2 Å². The van der Waals surface area contributed by atoms with Gasteiger partial charge in [0.25, 0.3) is 0 Å². The highest BCUT2D eigenvalue weighted by Crippen LogP contribution is 2.13. The first-order valence-electron chi connectivity index (χ1n) is 9.36. The van der Waals surface area contributed by atoms with Crippen LogP contribution in [0.1, 0.15) is 31.5 Å². The lowest BCUT2D eigenvalue weighted by Gasteiger charge is -2.13. The predicted molar refractivity (Wildman–Crippen MR) is 126 cm³/mol. The van der Waals surface area contributed by atoms with Gasteiger partial charge in [-0.15, -0.1) is 24.0 Å². The number of nitrogens with one attached hydrogen (secondary N) is 3. The zero-order valence-electron chi connectivity index (χ0n) is 16.7. The van der Waals surface area contributed by atoms with Crippen molar-refractivity contribution in [3.8, 4) is 0 Å². The lowest BCUT2D eigenvalue weighted by Crippen LogP contribution is -2.37. The summed E-state index contributed by atoms with van der Waals surface area (Å²) in [5.74, 6) is 0.795. The first kappa shape index (κ1) is 23.9. The quantitative estimate of drug-likeness (QED) is 0.297. The van der Waals surface area contributed by atoms with E-state index in [2.05, 4.69) is 25.9 Å². The summed E-state index contributed by atoms with van der Waals surface area (Å²) in [6.07, 6.45) is 3.46. The van der Waals surface area contributed by atoms with Gasteiger partial charge in [-0.2, -0.15) is 0 Å². The largest absolute Gasteiger partial charge is 0.356 e. The van der Waals surface area contributed by atoms with E-state index in [1.165, 1.54) is 0 Å². The Hall–Kier alpha value is -2.16. The lowest BCUT2D eigenvalue weighted by molar-refractivity contribution is -0.119. The van der Waals surface area contributed by atoms with E-state index in [9.17, 15) is 4.79 Å². The van der Waals surface area contributed by atoms with Crippen molar-refractivity contribution in [1.29, 1.82) is 0 Å². The highest BCUT2D eigenvalue weighted by Gasteiger charge is 2.10. The number of carbonyl (C=O) groups excluding carboxylic acids is 1. The fourth-order valence-electron chi connectivity index (χ4n) is 2.47. The molecule has 0 saturated heterocycles. The maximum absolute atomic E-state index is 12.0. The van der Waals surface area contributed by atoms with Crippen LogP contribution < -0.4 is 16.0 Å². The van der Waals surface area contributed by atoms with Gasteiger partial charge < -0.3 is 16.0 Å². The molecule has 0 saturated carbocycles. The number of aliphatic imine (C=N–C) groups is 1. The van der Waals surface area contributed by atoms with Gasteiger partial charge in [0.15, 0.2) is 5.96 Å². The maximum Gasteiger partial charge on any atom is 0.227 e. The second-order valence-corrected chi connectivity index (χ2v) is 6.42. The number of pyridine rings is 1. The number of amides is 1. The Balaban J connectivity index is 0.00000392. The van der Waals surface area contributed by atoms with Crippen molar-refractivity contribution in [2.45, 2.75) is 33.2 Å². The summed E-state index contributed by atoms with van der Waals surface area (Å²) < 4.78 is 0. The van der Waals surface area contributed by atoms with Crippen molar-refractivity contribution in [3.05, 3.63) is 59.9 Å². The van der Waals surface area contributed by atoms with E-state index in [-0.39, 0.29) is 35.8 Å². The van der Waals surface area contributed by atoms with Gasteiger partial charge in [0.05, 0.1) is 0 Å². The molecule has 28 heavy (non-hydrogen) atoms. The van der Waals surface area contributed by atoms with Crippen LogP contribution in [0.4, 0.5) is 5.69 Å². The number of halogens is 1. The van der Waals surface area contributed by atoms with Crippen molar-refractivity contribution in [1.82, 2.24) is 15.6 Å². The molecule has 0 bridgehead atoms. The van der Waals surface area contributed by atoms with Crippen LogP contribution in [-0.2, 0) is 17.8 Å². The molecule has 1 aromatic heterocycles. The van der Waals surface area contributed by atoms with Crippen LogP contribution in [0.25, 0.3) is 0 Å². The number of carbonyl (C=O) groups is 1. The van der Waals surface area contributed by atoms with E-state index in [1.807, 2.05) is 56.3 Å². The molecule has 1 amide bonds. The van der Waals surface area contributed by atoms with Crippen LogP contribution in [0.3, 0.4) is 0 Å². The summed E-state index contributed by atoms with van der Waals surface area (Å²) in [4.78, 5) is 20.6. The molecular weight excluding hydrogens is 465 g/mol. The smallest absolute Gasteiger partial charge is 0.227 e. The van der Waals surface area contributed by atoms with E-state index >= 15 is 0 Å². The summed E-state index contributed by atoms with van der Waals surface area (Å²) in [6, 6.07) is 13.8. The van der Waals surface area contributed by atoms with Gasteiger partial charge in [-0.05, 0) is 36.2 Å². The Kier molecular flexibility index (Phi) is 11.2. The molecule has 1 unspecified atom stereocenters. The molecule has 0 aliphatic rings. The Morgan fingerprint density at radius 3 is 2.68 bits per heavy atom. The first-order chi connectivity index (χ1) is 13.1. The van der Waals surface area contributed by atoms with Crippen LogP contribution in [0.2, 0.25) is 0 Å². The lowest BCUT2D eigenvalue weighted by atomic mass is 10.1. The van der Waals surface area contributed by atoms with Crippen molar-refractivity contribution in [2.75, 3.05) is 18.9 Å². The molecule has 2 aromatic rings. The molecule has 1 heterocycles. The Labute approximate surface area is 184 Å². The summed E-state index contributed by atoms with van der Waals surface area (Å²) >= 11 is 0. The van der Waals surface area contributed by atoms with Crippen molar-refractivity contribution in [2.24, 2.45) is 10.9 Å². The molecule has 3 N–H and O–H groups in total. The molecule has 6 nitrogen and oxygen atoms in total.